The fourth-order valence-electron chi connectivity index (χ4n) is 2.77. The van der Waals surface area contributed by atoms with Crippen LogP contribution in [0.4, 0.5) is 5.82 Å². The Hall–Kier alpha value is -4.14. The molecule has 9 heteroatoms. The number of carbonyl (C=O) groups is 1. The van der Waals surface area contributed by atoms with E-state index in [0.717, 1.165) is 0 Å². The number of hydrogen-bond donors (Lipinski definition) is 2. The number of carbonyl (C=O) groups excluding carboxylic acids is 1. The number of methoxy groups -OCH3 is 1. The van der Waals surface area contributed by atoms with E-state index in [0.29, 0.717) is 22.9 Å². The Morgan fingerprint density at radius 3 is 2.69 bits per heavy atom. The monoisotopic (exact) mass is 391 g/mol. The first-order chi connectivity index (χ1) is 14.1. The van der Waals surface area contributed by atoms with Gasteiger partial charge in [-0.1, -0.05) is 30.3 Å². The Balaban J connectivity index is 1.61. The Kier molecular flexibility index (Phi) is 4.93. The second kappa shape index (κ2) is 7.85. The summed E-state index contributed by atoms with van der Waals surface area (Å²) < 4.78 is 12.2. The molecule has 0 saturated carbocycles. The maximum atomic E-state index is 12.7. The van der Waals surface area contributed by atoms with Gasteiger partial charge in [0.25, 0.3) is 11.5 Å². The van der Waals surface area contributed by atoms with E-state index < -0.39 is 11.5 Å². The number of nitrogens with zero attached hydrogens (tertiary/aromatic N) is 3. The summed E-state index contributed by atoms with van der Waals surface area (Å²) in [6.07, 6.45) is 0. The number of rotatable bonds is 6. The molecule has 0 saturated heterocycles. The molecule has 9 nitrogen and oxygen atoms in total. The van der Waals surface area contributed by atoms with Crippen LogP contribution in [-0.2, 0) is 6.61 Å². The molecule has 0 aliphatic rings. The maximum Gasteiger partial charge on any atom is 0.260 e. The summed E-state index contributed by atoms with van der Waals surface area (Å²) in [6.45, 7) is 0.105. The molecule has 0 atom stereocenters. The van der Waals surface area contributed by atoms with E-state index in [4.69, 9.17) is 9.47 Å². The average molecular weight is 391 g/mol. The second-order valence-electron chi connectivity index (χ2n) is 6.04. The highest BCUT2D eigenvalue weighted by Crippen LogP contribution is 2.19. The van der Waals surface area contributed by atoms with Gasteiger partial charge in [-0.2, -0.15) is 9.50 Å². The molecule has 0 aliphatic heterocycles. The molecule has 0 bridgehead atoms. The van der Waals surface area contributed by atoms with Gasteiger partial charge in [0.15, 0.2) is 5.82 Å². The Morgan fingerprint density at radius 1 is 1.14 bits per heavy atom. The van der Waals surface area contributed by atoms with Crippen LogP contribution in [0, 0.1) is 0 Å². The fourth-order valence-corrected chi connectivity index (χ4v) is 2.77. The third-order valence-corrected chi connectivity index (χ3v) is 4.09. The highest BCUT2D eigenvalue weighted by molar-refractivity contribution is 6.05. The van der Waals surface area contributed by atoms with Gasteiger partial charge in [-0.25, -0.2) is 0 Å². The molecule has 2 N–H and O–H groups in total. The molecule has 0 aliphatic carbocycles. The summed E-state index contributed by atoms with van der Waals surface area (Å²) in [5, 5.41) is 7.01. The van der Waals surface area contributed by atoms with Crippen molar-refractivity contribution in [2.24, 2.45) is 0 Å². The summed E-state index contributed by atoms with van der Waals surface area (Å²) in [7, 11) is 1.48. The molecule has 2 aromatic carbocycles. The maximum absolute atomic E-state index is 12.7. The zero-order valence-corrected chi connectivity index (χ0v) is 15.5. The van der Waals surface area contributed by atoms with Crippen molar-refractivity contribution in [1.82, 2.24) is 19.6 Å². The predicted molar refractivity (Wildman–Crippen MR) is 105 cm³/mol. The lowest BCUT2D eigenvalue weighted by Gasteiger charge is -2.09. The first kappa shape index (κ1) is 18.2. The van der Waals surface area contributed by atoms with Crippen molar-refractivity contribution in [3.8, 4) is 11.5 Å². The Bertz CT molecular complexity index is 1220. The number of aromatic amines is 1. The molecule has 2 aromatic heterocycles. The van der Waals surface area contributed by atoms with Gasteiger partial charge in [-0.3, -0.25) is 14.6 Å². The molecular weight excluding hydrogens is 374 g/mol. The first-order valence-electron chi connectivity index (χ1n) is 8.75. The quantitative estimate of drug-likeness (QED) is 0.522. The van der Waals surface area contributed by atoms with E-state index in [2.05, 4.69) is 20.4 Å². The highest BCUT2D eigenvalue weighted by atomic mass is 16.5. The lowest BCUT2D eigenvalue weighted by Crippen LogP contribution is -2.19. The normalized spacial score (nSPS) is 10.7. The summed E-state index contributed by atoms with van der Waals surface area (Å²) in [5.41, 5.74) is -0.0908. The zero-order chi connectivity index (χ0) is 20.2. The molecule has 2 heterocycles. The zero-order valence-electron chi connectivity index (χ0n) is 15.5. The number of H-pyrrole nitrogens is 1. The van der Waals surface area contributed by atoms with Gasteiger partial charge in [0.1, 0.15) is 23.9 Å². The lowest BCUT2D eigenvalue weighted by atomic mass is 10.2. The van der Waals surface area contributed by atoms with Gasteiger partial charge in [0, 0.05) is 6.07 Å². The third kappa shape index (κ3) is 3.93. The van der Waals surface area contributed by atoms with E-state index in [-0.39, 0.29) is 18.2 Å². The number of benzene rings is 2. The Labute approximate surface area is 164 Å². The predicted octanol–water partition coefficient (Wildman–Crippen LogP) is 2.26. The van der Waals surface area contributed by atoms with Gasteiger partial charge in [-0.15, -0.1) is 5.10 Å². The van der Waals surface area contributed by atoms with Gasteiger partial charge in [0.05, 0.1) is 12.7 Å². The van der Waals surface area contributed by atoms with Crippen LogP contribution in [0.2, 0.25) is 0 Å². The van der Waals surface area contributed by atoms with Crippen LogP contribution >= 0.6 is 0 Å². The lowest BCUT2D eigenvalue weighted by molar-refractivity contribution is 0.102. The summed E-state index contributed by atoms with van der Waals surface area (Å²) in [6, 6.07) is 17.2. The minimum Gasteiger partial charge on any atom is -0.496 e. The standard InChI is InChI=1S/C20H17N5O4/c1-28-15-10-6-5-9-14(15)19(27)22-17-11-18(26)23-20-21-16(24-25(17)20)12-29-13-7-3-2-4-8-13/h2-11H,12H2,1H3,(H,22,27)(H,21,23,24,26). The van der Waals surface area contributed by atoms with Gasteiger partial charge in [-0.05, 0) is 24.3 Å². The van der Waals surface area contributed by atoms with E-state index >= 15 is 0 Å². The summed E-state index contributed by atoms with van der Waals surface area (Å²) in [4.78, 5) is 31.5. The van der Waals surface area contributed by atoms with Crippen LogP contribution in [0.5, 0.6) is 11.5 Å². The van der Waals surface area contributed by atoms with E-state index in [1.54, 1.807) is 24.3 Å². The van der Waals surface area contributed by atoms with Crippen molar-refractivity contribution in [1.29, 1.82) is 0 Å². The smallest absolute Gasteiger partial charge is 0.260 e. The van der Waals surface area contributed by atoms with E-state index in [1.807, 2.05) is 30.3 Å². The van der Waals surface area contributed by atoms with Crippen molar-refractivity contribution in [2.75, 3.05) is 12.4 Å². The molecule has 4 rings (SSSR count). The van der Waals surface area contributed by atoms with Gasteiger partial charge in [0.2, 0.25) is 5.78 Å². The largest absolute Gasteiger partial charge is 0.496 e. The molecule has 1 amide bonds. The summed E-state index contributed by atoms with van der Waals surface area (Å²) in [5.74, 6) is 1.37. The van der Waals surface area contributed by atoms with Crippen molar-refractivity contribution >= 4 is 17.5 Å². The summed E-state index contributed by atoms with van der Waals surface area (Å²) >= 11 is 0. The molecular formula is C20H17N5O4. The number of aromatic nitrogens is 4. The van der Waals surface area contributed by atoms with Crippen LogP contribution in [0.1, 0.15) is 16.2 Å². The number of nitrogens with one attached hydrogen (secondary N) is 2. The van der Waals surface area contributed by atoms with Crippen molar-refractivity contribution in [3.63, 3.8) is 0 Å². The number of fused-ring (bicyclic) bond motifs is 1. The van der Waals surface area contributed by atoms with Crippen LogP contribution in [0.15, 0.2) is 65.5 Å². The fraction of sp³-hybridized carbons (Fsp3) is 0.100. The van der Waals surface area contributed by atoms with Gasteiger partial charge >= 0.3 is 0 Å². The van der Waals surface area contributed by atoms with Gasteiger partial charge < -0.3 is 14.8 Å². The number of ether oxygens (including phenoxy) is 2. The molecule has 4 aromatic rings. The number of hydrogen-bond acceptors (Lipinski definition) is 6. The first-order valence-corrected chi connectivity index (χ1v) is 8.75. The number of anilines is 1. The van der Waals surface area contributed by atoms with Crippen LogP contribution < -0.4 is 20.3 Å². The van der Waals surface area contributed by atoms with Crippen LogP contribution in [-0.4, -0.2) is 32.6 Å². The SMILES string of the molecule is COc1ccccc1C(=O)Nc1cc(=O)[nH]c2nc(COc3ccccc3)nn12. The number of para-hydroxylation sites is 2. The topological polar surface area (TPSA) is 111 Å². The molecule has 146 valence electrons. The highest BCUT2D eigenvalue weighted by Gasteiger charge is 2.16. The van der Waals surface area contributed by atoms with Crippen molar-refractivity contribution < 1.29 is 14.3 Å². The van der Waals surface area contributed by atoms with E-state index in [9.17, 15) is 9.59 Å². The van der Waals surface area contributed by atoms with Crippen molar-refractivity contribution in [2.45, 2.75) is 6.61 Å². The molecule has 29 heavy (non-hydrogen) atoms. The Morgan fingerprint density at radius 2 is 1.90 bits per heavy atom. The average Bonchev–Trinajstić information content (AvgIpc) is 3.16. The minimum absolute atomic E-state index is 0.105. The second-order valence-corrected chi connectivity index (χ2v) is 6.04. The van der Waals surface area contributed by atoms with E-state index in [1.165, 1.54) is 17.7 Å². The van der Waals surface area contributed by atoms with Crippen LogP contribution in [0.3, 0.4) is 0 Å². The molecule has 0 spiro atoms. The number of amides is 1. The van der Waals surface area contributed by atoms with Crippen LogP contribution in [0.25, 0.3) is 5.78 Å². The van der Waals surface area contributed by atoms with Crippen molar-refractivity contribution in [3.05, 3.63) is 82.4 Å². The molecule has 0 fully saturated rings. The molecule has 0 unspecified atom stereocenters. The minimum atomic E-state index is -0.438. The molecule has 0 radical (unpaired) electrons. The third-order valence-electron chi connectivity index (χ3n) is 4.09.